The van der Waals surface area contributed by atoms with Gasteiger partial charge in [-0.15, -0.1) is 5.10 Å². The topological polar surface area (TPSA) is 83.9 Å². The molecule has 2 aliphatic rings. The number of amides is 2. The summed E-state index contributed by atoms with van der Waals surface area (Å²) >= 11 is 1.36. The van der Waals surface area contributed by atoms with E-state index in [2.05, 4.69) is 0 Å². The summed E-state index contributed by atoms with van der Waals surface area (Å²) in [6.45, 7) is 1.49. The molecular weight excluding hydrogens is 444 g/mol. The minimum absolute atomic E-state index is 0.130. The van der Waals surface area contributed by atoms with Gasteiger partial charge in [0.25, 0.3) is 5.91 Å². The fourth-order valence-electron chi connectivity index (χ4n) is 4.33. The molecule has 0 aliphatic carbocycles. The van der Waals surface area contributed by atoms with Crippen molar-refractivity contribution in [3.05, 3.63) is 47.5 Å². The number of para-hydroxylation sites is 1. The van der Waals surface area contributed by atoms with Crippen LogP contribution >= 0.6 is 11.8 Å². The standard InChI is InChI=1S/C23H26N4O5S/c1-13(28)26-16-10-8-7-9-14(16)20-22(29)25(2)23(33-6)24-27(20)21(26)15-11-18(31-4)19(32-5)12-17(15)30-3/h7-12,20-21H,1-6H3/t20-,21-/m1/s1. The highest BCUT2D eigenvalue weighted by atomic mass is 32.2. The summed E-state index contributed by atoms with van der Waals surface area (Å²) in [4.78, 5) is 29.8. The third kappa shape index (κ3) is 3.54. The van der Waals surface area contributed by atoms with Crippen molar-refractivity contribution in [2.75, 3.05) is 39.5 Å². The van der Waals surface area contributed by atoms with Crippen LogP contribution in [0.2, 0.25) is 0 Å². The van der Waals surface area contributed by atoms with Crippen molar-refractivity contribution >= 4 is 34.4 Å². The molecule has 2 aliphatic heterocycles. The van der Waals surface area contributed by atoms with Gasteiger partial charge in [-0.1, -0.05) is 30.0 Å². The number of hydrogen-bond acceptors (Lipinski definition) is 8. The molecule has 2 heterocycles. The lowest BCUT2D eigenvalue weighted by Gasteiger charge is -2.49. The van der Waals surface area contributed by atoms with Gasteiger partial charge < -0.3 is 14.2 Å². The van der Waals surface area contributed by atoms with Crippen LogP contribution in [0.1, 0.15) is 30.3 Å². The third-order valence-corrected chi connectivity index (χ3v) is 6.56. The Morgan fingerprint density at radius 3 is 2.24 bits per heavy atom. The lowest BCUT2D eigenvalue weighted by Crippen LogP contribution is -2.55. The number of hydrazone groups is 1. The summed E-state index contributed by atoms with van der Waals surface area (Å²) in [5, 5.41) is 7.03. The summed E-state index contributed by atoms with van der Waals surface area (Å²) in [6.07, 6.45) is 1.10. The molecule has 0 fully saturated rings. The van der Waals surface area contributed by atoms with Crippen molar-refractivity contribution in [2.45, 2.75) is 19.1 Å². The van der Waals surface area contributed by atoms with Crippen molar-refractivity contribution in [2.24, 2.45) is 5.10 Å². The Labute approximate surface area is 196 Å². The van der Waals surface area contributed by atoms with E-state index in [1.54, 1.807) is 55.3 Å². The molecule has 0 aromatic heterocycles. The second-order valence-corrected chi connectivity index (χ2v) is 8.31. The number of ether oxygens (including phenoxy) is 3. The first-order valence-electron chi connectivity index (χ1n) is 10.2. The third-order valence-electron chi connectivity index (χ3n) is 5.84. The van der Waals surface area contributed by atoms with E-state index >= 15 is 0 Å². The smallest absolute Gasteiger partial charge is 0.257 e. The van der Waals surface area contributed by atoms with E-state index in [9.17, 15) is 9.59 Å². The number of rotatable bonds is 4. The summed E-state index contributed by atoms with van der Waals surface area (Å²) in [5.74, 6) is 1.11. The van der Waals surface area contributed by atoms with E-state index in [4.69, 9.17) is 19.3 Å². The Morgan fingerprint density at radius 2 is 1.64 bits per heavy atom. The quantitative estimate of drug-likeness (QED) is 0.678. The van der Waals surface area contributed by atoms with Crippen LogP contribution < -0.4 is 19.1 Å². The molecule has 2 aromatic rings. The molecule has 0 bridgehead atoms. The maximum atomic E-state index is 13.5. The van der Waals surface area contributed by atoms with Gasteiger partial charge in [0.15, 0.2) is 28.9 Å². The zero-order valence-electron chi connectivity index (χ0n) is 19.4. The largest absolute Gasteiger partial charge is 0.496 e. The monoisotopic (exact) mass is 470 g/mol. The molecule has 0 unspecified atom stereocenters. The van der Waals surface area contributed by atoms with Gasteiger partial charge in [0.05, 0.1) is 27.0 Å². The number of anilines is 1. The highest BCUT2D eigenvalue weighted by Gasteiger charge is 2.49. The number of likely N-dealkylation sites (N-methyl/N-ethyl adjacent to an activating group) is 1. The number of nitrogens with zero attached hydrogens (tertiary/aromatic N) is 4. The van der Waals surface area contributed by atoms with Gasteiger partial charge in [-0.25, -0.2) is 0 Å². The second-order valence-electron chi connectivity index (χ2n) is 7.54. The zero-order valence-corrected chi connectivity index (χ0v) is 20.2. The first-order valence-corrected chi connectivity index (χ1v) is 11.5. The normalized spacial score (nSPS) is 19.5. The summed E-state index contributed by atoms with van der Waals surface area (Å²) in [6, 6.07) is 10.2. The van der Waals surface area contributed by atoms with Crippen LogP contribution in [0.25, 0.3) is 0 Å². The van der Waals surface area contributed by atoms with Gasteiger partial charge in [-0.3, -0.25) is 24.4 Å². The SMILES string of the molecule is COc1cc(OC)c([C@@H]2N(C(C)=O)c3ccccc3[C@@H]3C(=O)N(C)C(SC)=NN23)cc1OC. The van der Waals surface area contributed by atoms with Gasteiger partial charge in [-0.05, 0) is 18.4 Å². The van der Waals surface area contributed by atoms with E-state index in [1.165, 1.54) is 18.7 Å². The molecule has 9 nitrogen and oxygen atoms in total. The van der Waals surface area contributed by atoms with Gasteiger partial charge in [0, 0.05) is 31.2 Å². The molecule has 10 heteroatoms. The predicted octanol–water partition coefficient (Wildman–Crippen LogP) is 3.23. The molecule has 4 rings (SSSR count). The summed E-state index contributed by atoms with van der Waals surface area (Å²) in [7, 11) is 6.34. The number of benzene rings is 2. The van der Waals surface area contributed by atoms with Crippen LogP contribution in [0.4, 0.5) is 5.69 Å². The fourth-order valence-corrected chi connectivity index (χ4v) is 4.87. The molecular formula is C23H26N4O5S. The number of methoxy groups -OCH3 is 3. The van der Waals surface area contributed by atoms with E-state index in [1.807, 2.05) is 30.5 Å². The first kappa shape index (κ1) is 22.8. The molecule has 0 saturated heterocycles. The summed E-state index contributed by atoms with van der Waals surface area (Å²) < 4.78 is 16.7. The highest BCUT2D eigenvalue weighted by Crippen LogP contribution is 2.50. The lowest BCUT2D eigenvalue weighted by molar-refractivity contribution is -0.136. The maximum absolute atomic E-state index is 13.5. The Morgan fingerprint density at radius 1 is 1.00 bits per heavy atom. The average molecular weight is 471 g/mol. The average Bonchev–Trinajstić information content (AvgIpc) is 2.83. The van der Waals surface area contributed by atoms with E-state index in [0.717, 1.165) is 0 Å². The predicted molar refractivity (Wildman–Crippen MR) is 127 cm³/mol. The van der Waals surface area contributed by atoms with Crippen LogP contribution in [0, 0.1) is 0 Å². The van der Waals surface area contributed by atoms with Gasteiger partial charge in [0.2, 0.25) is 5.91 Å². The van der Waals surface area contributed by atoms with E-state index in [-0.39, 0.29) is 11.8 Å². The van der Waals surface area contributed by atoms with Crippen molar-refractivity contribution < 1.29 is 23.8 Å². The number of amidine groups is 1. The number of hydrogen-bond donors (Lipinski definition) is 0. The Balaban J connectivity index is 2.05. The molecule has 0 N–H and O–H groups in total. The Hall–Kier alpha value is -3.40. The second kappa shape index (κ2) is 8.86. The van der Waals surface area contributed by atoms with Crippen LogP contribution in [0.5, 0.6) is 17.2 Å². The van der Waals surface area contributed by atoms with Crippen LogP contribution in [-0.4, -0.2) is 61.5 Å². The zero-order chi connectivity index (χ0) is 23.9. The molecule has 2 amide bonds. The van der Waals surface area contributed by atoms with Gasteiger partial charge in [0.1, 0.15) is 5.75 Å². The lowest BCUT2D eigenvalue weighted by atomic mass is 9.94. The molecule has 0 spiro atoms. The number of carbonyl (C=O) groups excluding carboxylic acids is 2. The fraction of sp³-hybridized carbons (Fsp3) is 0.348. The van der Waals surface area contributed by atoms with Gasteiger partial charge in [-0.2, -0.15) is 0 Å². The Bertz CT molecular complexity index is 1140. The van der Waals surface area contributed by atoms with E-state index < -0.39 is 12.2 Å². The molecule has 2 atom stereocenters. The van der Waals surface area contributed by atoms with Crippen molar-refractivity contribution in [3.8, 4) is 17.2 Å². The minimum atomic E-state index is -0.753. The highest BCUT2D eigenvalue weighted by molar-refractivity contribution is 8.13. The van der Waals surface area contributed by atoms with Crippen molar-refractivity contribution in [1.82, 2.24) is 9.91 Å². The Kier molecular flexibility index (Phi) is 6.11. The minimum Gasteiger partial charge on any atom is -0.496 e. The van der Waals surface area contributed by atoms with Crippen molar-refractivity contribution in [1.29, 1.82) is 0 Å². The van der Waals surface area contributed by atoms with Gasteiger partial charge >= 0.3 is 0 Å². The molecule has 2 aromatic carbocycles. The number of thioether (sulfide) groups is 1. The maximum Gasteiger partial charge on any atom is 0.257 e. The first-order chi connectivity index (χ1) is 15.9. The van der Waals surface area contributed by atoms with Crippen molar-refractivity contribution in [3.63, 3.8) is 0 Å². The summed E-state index contributed by atoms with van der Waals surface area (Å²) in [5.41, 5.74) is 1.98. The molecule has 0 saturated carbocycles. The molecule has 174 valence electrons. The number of carbonyl (C=O) groups is 2. The van der Waals surface area contributed by atoms with E-state index in [0.29, 0.717) is 39.2 Å². The van der Waals surface area contributed by atoms with Crippen LogP contribution in [0.15, 0.2) is 41.5 Å². The van der Waals surface area contributed by atoms with Crippen LogP contribution in [-0.2, 0) is 9.59 Å². The number of fused-ring (bicyclic) bond motifs is 3. The molecule has 0 radical (unpaired) electrons. The van der Waals surface area contributed by atoms with Crippen LogP contribution in [0.3, 0.4) is 0 Å². The molecule has 33 heavy (non-hydrogen) atoms.